The summed E-state index contributed by atoms with van der Waals surface area (Å²) in [6.07, 6.45) is 2.40. The van der Waals surface area contributed by atoms with Crippen molar-refractivity contribution in [1.82, 2.24) is 14.1 Å². The van der Waals surface area contributed by atoms with E-state index in [2.05, 4.69) is 11.2 Å². The highest BCUT2D eigenvalue weighted by Gasteiger charge is 2.33. The highest BCUT2D eigenvalue weighted by molar-refractivity contribution is 7.91. The fourth-order valence-electron chi connectivity index (χ4n) is 2.61. The van der Waals surface area contributed by atoms with Crippen LogP contribution in [0.4, 0.5) is 0 Å². The van der Waals surface area contributed by atoms with Crippen LogP contribution in [-0.4, -0.2) is 29.0 Å². The van der Waals surface area contributed by atoms with E-state index in [-0.39, 0.29) is 0 Å². The summed E-state index contributed by atoms with van der Waals surface area (Å²) in [6, 6.07) is 5.25. The average Bonchev–Trinajstić information content (AvgIpc) is 3.06. The fourth-order valence-corrected chi connectivity index (χ4v) is 5.65. The van der Waals surface area contributed by atoms with Gasteiger partial charge in [0.05, 0.1) is 28.8 Å². The van der Waals surface area contributed by atoms with E-state index in [9.17, 15) is 8.42 Å². The summed E-state index contributed by atoms with van der Waals surface area (Å²) in [5, 5.41) is 4.58. The minimum Gasteiger partial charge on any atom is -0.267 e. The molecule has 0 radical (unpaired) electrons. The van der Waals surface area contributed by atoms with Gasteiger partial charge in [0.25, 0.3) is 10.0 Å². The second-order valence-corrected chi connectivity index (χ2v) is 9.33. The van der Waals surface area contributed by atoms with E-state index < -0.39 is 10.0 Å². The topological polar surface area (TPSA) is 55.2 Å². The van der Waals surface area contributed by atoms with Crippen molar-refractivity contribution in [1.29, 1.82) is 0 Å². The number of sulfonamides is 1. The van der Waals surface area contributed by atoms with Crippen molar-refractivity contribution >= 4 is 33.0 Å². The number of hydrogen-bond donors (Lipinski definition) is 0. The van der Waals surface area contributed by atoms with Crippen LogP contribution in [0.15, 0.2) is 22.4 Å². The molecule has 0 bridgehead atoms. The van der Waals surface area contributed by atoms with Crippen molar-refractivity contribution < 1.29 is 8.42 Å². The summed E-state index contributed by atoms with van der Waals surface area (Å²) >= 11 is 6.96. The van der Waals surface area contributed by atoms with Crippen molar-refractivity contribution in [2.45, 2.75) is 36.1 Å². The lowest BCUT2D eigenvalue weighted by Gasteiger charge is -2.26. The number of thiophene rings is 1. The van der Waals surface area contributed by atoms with Gasteiger partial charge in [-0.25, -0.2) is 8.42 Å². The van der Waals surface area contributed by atoms with Gasteiger partial charge in [0, 0.05) is 12.5 Å². The average molecular weight is 344 g/mol. The van der Waals surface area contributed by atoms with Gasteiger partial charge in [0.2, 0.25) is 0 Å². The van der Waals surface area contributed by atoms with Crippen LogP contribution < -0.4 is 0 Å². The number of nitrogens with zero attached hydrogens (tertiary/aromatic N) is 3. The van der Waals surface area contributed by atoms with Gasteiger partial charge in [-0.05, 0) is 31.0 Å². The summed E-state index contributed by atoms with van der Waals surface area (Å²) in [7, 11) is -3.45. The number of rotatable bonds is 3. The molecule has 0 saturated heterocycles. The molecule has 1 aliphatic heterocycles. The van der Waals surface area contributed by atoms with Gasteiger partial charge in [-0.1, -0.05) is 11.6 Å². The maximum absolute atomic E-state index is 12.6. The SMILES string of the molecule is O=S(=O)(c1ccc(Cl)s1)N1CCn2nc(C3CC3)cc2C1. The molecule has 0 amide bonds. The summed E-state index contributed by atoms with van der Waals surface area (Å²) < 4.78 is 29.5. The Bertz CT molecular complexity index is 792. The van der Waals surface area contributed by atoms with Crippen LogP contribution >= 0.6 is 22.9 Å². The molecule has 2 aromatic rings. The molecule has 1 aliphatic carbocycles. The molecule has 2 aromatic heterocycles. The summed E-state index contributed by atoms with van der Waals surface area (Å²) in [6.45, 7) is 1.45. The maximum atomic E-state index is 12.6. The largest absolute Gasteiger partial charge is 0.267 e. The Morgan fingerprint density at radius 1 is 1.29 bits per heavy atom. The zero-order chi connectivity index (χ0) is 14.6. The van der Waals surface area contributed by atoms with Gasteiger partial charge >= 0.3 is 0 Å². The first kappa shape index (κ1) is 13.8. The molecule has 0 unspecified atom stereocenters. The summed E-state index contributed by atoms with van der Waals surface area (Å²) in [5.74, 6) is 0.587. The number of fused-ring (bicyclic) bond motifs is 1. The first-order valence-electron chi connectivity index (χ1n) is 6.86. The second-order valence-electron chi connectivity index (χ2n) is 5.46. The van der Waals surface area contributed by atoms with E-state index in [1.807, 2.05) is 4.68 Å². The maximum Gasteiger partial charge on any atom is 0.253 e. The first-order valence-corrected chi connectivity index (χ1v) is 9.49. The molecule has 3 heterocycles. The third-order valence-corrected chi connectivity index (χ3v) is 7.46. The number of halogens is 1. The van der Waals surface area contributed by atoms with Crippen LogP contribution in [0.25, 0.3) is 0 Å². The Labute approximate surface area is 132 Å². The molecule has 1 saturated carbocycles. The third-order valence-electron chi connectivity index (χ3n) is 3.92. The predicted octanol–water partition coefficient (Wildman–Crippen LogP) is 2.68. The van der Waals surface area contributed by atoms with Crippen molar-refractivity contribution in [3.05, 3.63) is 33.9 Å². The van der Waals surface area contributed by atoms with E-state index in [1.54, 1.807) is 12.1 Å². The summed E-state index contributed by atoms with van der Waals surface area (Å²) in [4.78, 5) is 0. The third kappa shape index (κ3) is 2.42. The Morgan fingerprint density at radius 3 is 2.76 bits per heavy atom. The van der Waals surface area contributed by atoms with Gasteiger partial charge in [-0.3, -0.25) is 4.68 Å². The lowest BCUT2D eigenvalue weighted by molar-refractivity contribution is 0.327. The molecule has 21 heavy (non-hydrogen) atoms. The molecular formula is C13H14ClN3O2S2. The molecule has 2 aliphatic rings. The Hall–Kier alpha value is -0.890. The molecule has 0 atom stereocenters. The Balaban J connectivity index is 1.62. The number of aromatic nitrogens is 2. The standard InChI is InChI=1S/C13H14ClN3O2S2/c14-12-3-4-13(20-12)21(18,19)16-5-6-17-10(8-16)7-11(15-17)9-1-2-9/h3-4,7,9H,1-2,5-6,8H2. The molecule has 0 spiro atoms. The van der Waals surface area contributed by atoms with Crippen molar-refractivity contribution in [2.75, 3.05) is 6.54 Å². The van der Waals surface area contributed by atoms with E-state index >= 15 is 0 Å². The van der Waals surface area contributed by atoms with E-state index in [4.69, 9.17) is 11.6 Å². The normalized spacial score (nSPS) is 19.7. The van der Waals surface area contributed by atoms with Crippen LogP contribution in [0.3, 0.4) is 0 Å². The Morgan fingerprint density at radius 2 is 2.10 bits per heavy atom. The van der Waals surface area contributed by atoms with Crippen LogP contribution in [0, 0.1) is 0 Å². The van der Waals surface area contributed by atoms with Crippen LogP contribution in [-0.2, 0) is 23.1 Å². The van der Waals surface area contributed by atoms with Crippen molar-refractivity contribution in [2.24, 2.45) is 0 Å². The lowest BCUT2D eigenvalue weighted by atomic mass is 10.2. The fraction of sp³-hybridized carbons (Fsp3) is 0.462. The zero-order valence-electron chi connectivity index (χ0n) is 11.2. The van der Waals surface area contributed by atoms with E-state index in [0.29, 0.717) is 34.1 Å². The second kappa shape index (κ2) is 4.81. The molecule has 4 rings (SSSR count). The predicted molar refractivity (Wildman–Crippen MR) is 81.1 cm³/mol. The van der Waals surface area contributed by atoms with Crippen LogP contribution in [0.5, 0.6) is 0 Å². The summed E-state index contributed by atoms with van der Waals surface area (Å²) in [5.41, 5.74) is 2.10. The van der Waals surface area contributed by atoms with Crippen molar-refractivity contribution in [3.63, 3.8) is 0 Å². The van der Waals surface area contributed by atoms with Crippen LogP contribution in [0.2, 0.25) is 4.34 Å². The first-order chi connectivity index (χ1) is 10.0. The zero-order valence-corrected chi connectivity index (χ0v) is 13.6. The van der Waals surface area contributed by atoms with E-state index in [0.717, 1.165) is 22.7 Å². The molecular weight excluding hydrogens is 330 g/mol. The lowest BCUT2D eigenvalue weighted by Crippen LogP contribution is -2.38. The highest BCUT2D eigenvalue weighted by atomic mass is 35.5. The van der Waals surface area contributed by atoms with Gasteiger partial charge in [0.15, 0.2) is 0 Å². The van der Waals surface area contributed by atoms with E-state index in [1.165, 1.54) is 17.1 Å². The molecule has 5 nitrogen and oxygen atoms in total. The smallest absolute Gasteiger partial charge is 0.253 e. The number of hydrogen-bond acceptors (Lipinski definition) is 4. The Kier molecular flexibility index (Phi) is 3.15. The minimum atomic E-state index is -3.45. The minimum absolute atomic E-state index is 0.308. The molecule has 1 fully saturated rings. The van der Waals surface area contributed by atoms with Gasteiger partial charge in [-0.15, -0.1) is 11.3 Å². The van der Waals surface area contributed by atoms with Gasteiger partial charge in [-0.2, -0.15) is 9.40 Å². The molecule has 112 valence electrons. The molecule has 0 aromatic carbocycles. The quantitative estimate of drug-likeness (QED) is 0.861. The molecule has 8 heteroatoms. The monoisotopic (exact) mass is 343 g/mol. The van der Waals surface area contributed by atoms with Gasteiger partial charge < -0.3 is 0 Å². The highest BCUT2D eigenvalue weighted by Crippen LogP contribution is 2.40. The van der Waals surface area contributed by atoms with Crippen LogP contribution in [0.1, 0.15) is 30.1 Å². The van der Waals surface area contributed by atoms with Crippen molar-refractivity contribution in [3.8, 4) is 0 Å². The molecule has 0 N–H and O–H groups in total. The van der Waals surface area contributed by atoms with Gasteiger partial charge in [0.1, 0.15) is 4.21 Å².